The van der Waals surface area contributed by atoms with Crippen LogP contribution < -0.4 is 16.2 Å². The molecule has 0 bridgehead atoms. The first-order chi connectivity index (χ1) is 8.09. The average molecular weight is 238 g/mol. The van der Waals surface area contributed by atoms with Crippen LogP contribution >= 0.6 is 0 Å². The van der Waals surface area contributed by atoms with Gasteiger partial charge < -0.3 is 19.9 Å². The van der Waals surface area contributed by atoms with Crippen LogP contribution in [0.4, 0.5) is 5.82 Å². The molecule has 17 heavy (non-hydrogen) atoms. The van der Waals surface area contributed by atoms with Gasteiger partial charge in [0.15, 0.2) is 5.82 Å². The molecular weight excluding hydrogens is 220 g/mol. The maximum absolute atomic E-state index is 11.9. The lowest BCUT2D eigenvalue weighted by Gasteiger charge is -2.35. The third-order valence-corrected chi connectivity index (χ3v) is 2.98. The number of nitrogens with two attached hydrogens (primary N) is 1. The Morgan fingerprint density at radius 2 is 2.41 bits per heavy atom. The van der Waals surface area contributed by atoms with Crippen molar-refractivity contribution in [1.29, 1.82) is 0 Å². The van der Waals surface area contributed by atoms with E-state index in [1.165, 1.54) is 4.57 Å². The number of rotatable bonds is 2. The van der Waals surface area contributed by atoms with Crippen molar-refractivity contribution in [2.75, 3.05) is 24.6 Å². The van der Waals surface area contributed by atoms with Crippen LogP contribution in [0.2, 0.25) is 0 Å². The van der Waals surface area contributed by atoms with Gasteiger partial charge in [-0.05, 0) is 6.92 Å². The van der Waals surface area contributed by atoms with Crippen LogP contribution in [0.5, 0.6) is 0 Å². The normalized spacial score (nSPS) is 22.5. The fourth-order valence-corrected chi connectivity index (χ4v) is 1.89. The van der Waals surface area contributed by atoms with E-state index in [4.69, 9.17) is 10.5 Å². The van der Waals surface area contributed by atoms with Crippen molar-refractivity contribution in [2.24, 2.45) is 12.8 Å². The van der Waals surface area contributed by atoms with Crippen LogP contribution in [0.1, 0.15) is 6.92 Å². The minimum absolute atomic E-state index is 0.0459. The summed E-state index contributed by atoms with van der Waals surface area (Å²) < 4.78 is 7.08. The van der Waals surface area contributed by atoms with Crippen LogP contribution in [-0.2, 0) is 11.8 Å². The second kappa shape index (κ2) is 4.85. The molecule has 2 N–H and O–H groups in total. The SMILES string of the molecule is CC(N)C1CN(c2nccn(C)c2=O)CCO1. The topological polar surface area (TPSA) is 73.4 Å². The maximum Gasteiger partial charge on any atom is 0.293 e. The molecule has 1 aliphatic heterocycles. The molecule has 0 amide bonds. The van der Waals surface area contributed by atoms with Crippen LogP contribution in [0.3, 0.4) is 0 Å². The first kappa shape index (κ1) is 12.1. The molecule has 0 radical (unpaired) electrons. The summed E-state index contributed by atoms with van der Waals surface area (Å²) in [6, 6.07) is -0.0506. The molecule has 2 atom stereocenters. The summed E-state index contributed by atoms with van der Waals surface area (Å²) in [5.41, 5.74) is 5.73. The van der Waals surface area contributed by atoms with Crippen molar-refractivity contribution >= 4 is 5.82 Å². The van der Waals surface area contributed by atoms with Gasteiger partial charge in [-0.1, -0.05) is 0 Å². The zero-order valence-corrected chi connectivity index (χ0v) is 10.2. The highest BCUT2D eigenvalue weighted by Crippen LogP contribution is 2.12. The molecule has 1 saturated heterocycles. The van der Waals surface area contributed by atoms with E-state index in [1.54, 1.807) is 19.4 Å². The van der Waals surface area contributed by atoms with Gasteiger partial charge in [-0.2, -0.15) is 0 Å². The molecule has 1 aromatic heterocycles. The van der Waals surface area contributed by atoms with Crippen molar-refractivity contribution in [3.05, 3.63) is 22.7 Å². The number of ether oxygens (including phenoxy) is 1. The van der Waals surface area contributed by atoms with Gasteiger partial charge in [-0.25, -0.2) is 4.98 Å². The lowest BCUT2D eigenvalue weighted by molar-refractivity contribution is 0.0272. The molecule has 0 spiro atoms. The quantitative estimate of drug-likeness (QED) is 0.740. The smallest absolute Gasteiger partial charge is 0.293 e. The number of morpholine rings is 1. The van der Waals surface area contributed by atoms with Gasteiger partial charge in [0.2, 0.25) is 0 Å². The molecule has 0 saturated carbocycles. The van der Waals surface area contributed by atoms with E-state index >= 15 is 0 Å². The minimum atomic E-state index is -0.0853. The predicted octanol–water partition coefficient (Wildman–Crippen LogP) is -0.667. The van der Waals surface area contributed by atoms with Crippen molar-refractivity contribution < 1.29 is 4.74 Å². The van der Waals surface area contributed by atoms with Crippen LogP contribution in [0.25, 0.3) is 0 Å². The molecule has 94 valence electrons. The molecule has 1 fully saturated rings. The third kappa shape index (κ3) is 2.48. The highest BCUT2D eigenvalue weighted by atomic mass is 16.5. The highest BCUT2D eigenvalue weighted by Gasteiger charge is 2.25. The molecule has 1 aromatic rings. The Kier molecular flexibility index (Phi) is 3.44. The lowest BCUT2D eigenvalue weighted by atomic mass is 10.1. The molecular formula is C11H18N4O2. The number of aromatic nitrogens is 2. The van der Waals surface area contributed by atoms with E-state index in [0.717, 1.165) is 0 Å². The Labute approximate surface area is 100 Å². The second-order valence-corrected chi connectivity index (χ2v) is 4.38. The summed E-state index contributed by atoms with van der Waals surface area (Å²) in [4.78, 5) is 18.0. The second-order valence-electron chi connectivity index (χ2n) is 4.38. The Morgan fingerprint density at radius 3 is 3.12 bits per heavy atom. The molecule has 2 heterocycles. The molecule has 2 unspecified atom stereocenters. The molecule has 6 nitrogen and oxygen atoms in total. The summed E-state index contributed by atoms with van der Waals surface area (Å²) >= 11 is 0. The van der Waals surface area contributed by atoms with Gasteiger partial charge in [0.05, 0.1) is 12.7 Å². The van der Waals surface area contributed by atoms with Gasteiger partial charge in [0.1, 0.15) is 0 Å². The van der Waals surface area contributed by atoms with Gasteiger partial charge in [0.25, 0.3) is 5.56 Å². The fraction of sp³-hybridized carbons (Fsp3) is 0.636. The van der Waals surface area contributed by atoms with E-state index in [9.17, 15) is 4.79 Å². The van der Waals surface area contributed by atoms with E-state index in [2.05, 4.69) is 4.98 Å². The van der Waals surface area contributed by atoms with Gasteiger partial charge >= 0.3 is 0 Å². The van der Waals surface area contributed by atoms with Gasteiger partial charge in [-0.3, -0.25) is 4.79 Å². The number of nitrogens with zero attached hydrogens (tertiary/aromatic N) is 3. The monoisotopic (exact) mass is 238 g/mol. The largest absolute Gasteiger partial charge is 0.373 e. The number of hydrogen-bond donors (Lipinski definition) is 1. The summed E-state index contributed by atoms with van der Waals surface area (Å²) in [6.45, 7) is 3.77. The van der Waals surface area contributed by atoms with Crippen LogP contribution in [0, 0.1) is 0 Å². The van der Waals surface area contributed by atoms with Crippen molar-refractivity contribution in [2.45, 2.75) is 19.1 Å². The van der Waals surface area contributed by atoms with Gasteiger partial charge in [0, 0.05) is 38.6 Å². The molecule has 0 aromatic carbocycles. The zero-order chi connectivity index (χ0) is 12.4. The summed E-state index contributed by atoms with van der Waals surface area (Å²) in [5.74, 6) is 0.476. The summed E-state index contributed by atoms with van der Waals surface area (Å²) in [6.07, 6.45) is 3.23. The molecule has 0 aliphatic carbocycles. The fourth-order valence-electron chi connectivity index (χ4n) is 1.89. The highest BCUT2D eigenvalue weighted by molar-refractivity contribution is 5.36. The first-order valence-electron chi connectivity index (χ1n) is 5.73. The average Bonchev–Trinajstić information content (AvgIpc) is 2.33. The first-order valence-corrected chi connectivity index (χ1v) is 5.73. The maximum atomic E-state index is 11.9. The number of hydrogen-bond acceptors (Lipinski definition) is 5. The van der Waals surface area contributed by atoms with Crippen molar-refractivity contribution in [1.82, 2.24) is 9.55 Å². The molecule has 6 heteroatoms. The van der Waals surface area contributed by atoms with E-state index < -0.39 is 0 Å². The van der Waals surface area contributed by atoms with E-state index in [1.807, 2.05) is 11.8 Å². The van der Waals surface area contributed by atoms with E-state index in [0.29, 0.717) is 25.5 Å². The standard InChI is InChI=1S/C11H18N4O2/c1-8(12)9-7-15(5-6-17-9)10-11(16)14(2)4-3-13-10/h3-4,8-9H,5-7,12H2,1-2H3. The number of anilines is 1. The molecule has 2 rings (SSSR count). The number of aryl methyl sites for hydroxylation is 1. The minimum Gasteiger partial charge on any atom is -0.373 e. The summed E-state index contributed by atoms with van der Waals surface area (Å²) in [7, 11) is 1.72. The Hall–Kier alpha value is -1.40. The van der Waals surface area contributed by atoms with Crippen LogP contribution in [0.15, 0.2) is 17.2 Å². The third-order valence-electron chi connectivity index (χ3n) is 2.98. The van der Waals surface area contributed by atoms with Gasteiger partial charge in [-0.15, -0.1) is 0 Å². The van der Waals surface area contributed by atoms with E-state index in [-0.39, 0.29) is 17.7 Å². The summed E-state index contributed by atoms with van der Waals surface area (Å²) in [5, 5.41) is 0. The Balaban J connectivity index is 2.22. The zero-order valence-electron chi connectivity index (χ0n) is 10.2. The Morgan fingerprint density at radius 1 is 1.65 bits per heavy atom. The molecule has 1 aliphatic rings. The van der Waals surface area contributed by atoms with Crippen molar-refractivity contribution in [3.63, 3.8) is 0 Å². The lowest BCUT2D eigenvalue weighted by Crippen LogP contribution is -2.51. The predicted molar refractivity (Wildman–Crippen MR) is 65.1 cm³/mol. The van der Waals surface area contributed by atoms with Crippen LogP contribution in [-0.4, -0.2) is 41.4 Å². The Bertz CT molecular complexity index is 443. The van der Waals surface area contributed by atoms with Crippen molar-refractivity contribution in [3.8, 4) is 0 Å².